The molecule has 2 N–H and O–H groups in total. The Balaban J connectivity index is 3.04. The summed E-state index contributed by atoms with van der Waals surface area (Å²) >= 11 is 0. The Bertz CT molecular complexity index is 314. The predicted octanol–water partition coefficient (Wildman–Crippen LogP) is 2.17. The van der Waals surface area contributed by atoms with E-state index in [4.69, 9.17) is 5.73 Å². The summed E-state index contributed by atoms with van der Waals surface area (Å²) in [6.45, 7) is 5.56. The van der Waals surface area contributed by atoms with Gasteiger partial charge in [-0.05, 0) is 18.6 Å². The van der Waals surface area contributed by atoms with Crippen molar-refractivity contribution in [3.63, 3.8) is 0 Å². The molecular weight excluding hydrogens is 148 g/mol. The Kier molecular flexibility index (Phi) is 2.64. The smallest absolute Gasteiger partial charge is 0.130 e. The molecule has 1 rings (SSSR count). The molecule has 1 aromatic heterocycles. The highest BCUT2D eigenvalue weighted by Crippen LogP contribution is 2.11. The van der Waals surface area contributed by atoms with Gasteiger partial charge in [0, 0.05) is 11.8 Å². The number of nitrogens with two attached hydrogens (primary N) is 1. The molecule has 1 aromatic rings. The molecule has 0 amide bonds. The lowest BCUT2D eigenvalue weighted by molar-refractivity contribution is 1.27. The van der Waals surface area contributed by atoms with Gasteiger partial charge in [0.25, 0.3) is 0 Å². The lowest BCUT2D eigenvalue weighted by atomic mass is 10.2. The summed E-state index contributed by atoms with van der Waals surface area (Å²) < 4.78 is 0. The molecule has 0 radical (unpaired) electrons. The number of hydrogen-bond donors (Lipinski definition) is 1. The van der Waals surface area contributed by atoms with E-state index in [-0.39, 0.29) is 0 Å². The largest absolute Gasteiger partial charge is 0.383 e. The standard InChI is InChI=1S/C10H12N2/c1-3-4-5-9-6-8(2)7-12-10(9)11/h3-7H,1H2,2H3,(H2,11,12)/b5-4-. The van der Waals surface area contributed by atoms with Gasteiger partial charge in [0.15, 0.2) is 0 Å². The normalized spacial score (nSPS) is 10.4. The van der Waals surface area contributed by atoms with Crippen LogP contribution >= 0.6 is 0 Å². The molecule has 0 bridgehead atoms. The van der Waals surface area contributed by atoms with Crippen molar-refractivity contribution >= 4 is 11.9 Å². The average molecular weight is 160 g/mol. The van der Waals surface area contributed by atoms with Crippen molar-refractivity contribution < 1.29 is 0 Å². The zero-order chi connectivity index (χ0) is 8.97. The highest BCUT2D eigenvalue weighted by atomic mass is 14.8. The number of hydrogen-bond acceptors (Lipinski definition) is 2. The highest BCUT2D eigenvalue weighted by molar-refractivity contribution is 5.62. The molecule has 0 aliphatic heterocycles. The summed E-state index contributed by atoms with van der Waals surface area (Å²) in [4.78, 5) is 4.02. The van der Waals surface area contributed by atoms with E-state index in [2.05, 4.69) is 11.6 Å². The zero-order valence-corrected chi connectivity index (χ0v) is 7.12. The van der Waals surface area contributed by atoms with Gasteiger partial charge in [-0.3, -0.25) is 0 Å². The van der Waals surface area contributed by atoms with Crippen molar-refractivity contribution in [2.24, 2.45) is 0 Å². The second-order valence-electron chi connectivity index (χ2n) is 2.58. The molecule has 0 aliphatic rings. The number of nitrogen functional groups attached to an aromatic ring is 1. The molecular formula is C10H12N2. The summed E-state index contributed by atoms with van der Waals surface area (Å²) in [5.74, 6) is 0.554. The van der Waals surface area contributed by atoms with Crippen molar-refractivity contribution in [3.05, 3.63) is 42.1 Å². The quantitative estimate of drug-likeness (QED) is 0.673. The first kappa shape index (κ1) is 8.53. The summed E-state index contributed by atoms with van der Waals surface area (Å²) in [5, 5.41) is 0. The molecule has 2 nitrogen and oxygen atoms in total. The Morgan fingerprint density at radius 1 is 1.58 bits per heavy atom. The molecule has 0 aliphatic carbocycles. The Morgan fingerprint density at radius 3 is 3.00 bits per heavy atom. The summed E-state index contributed by atoms with van der Waals surface area (Å²) in [7, 11) is 0. The van der Waals surface area contributed by atoms with Crippen LogP contribution in [-0.4, -0.2) is 4.98 Å². The molecule has 0 fully saturated rings. The van der Waals surface area contributed by atoms with Crippen LogP contribution in [0, 0.1) is 6.92 Å². The van der Waals surface area contributed by atoms with Crippen LogP contribution in [0.3, 0.4) is 0 Å². The van der Waals surface area contributed by atoms with E-state index >= 15 is 0 Å². The van der Waals surface area contributed by atoms with Crippen LogP contribution < -0.4 is 5.73 Å². The van der Waals surface area contributed by atoms with Crippen LogP contribution in [0.15, 0.2) is 31.0 Å². The molecule has 0 aromatic carbocycles. The molecule has 1 heterocycles. The summed E-state index contributed by atoms with van der Waals surface area (Å²) in [6.07, 6.45) is 7.19. The van der Waals surface area contributed by atoms with Crippen LogP contribution in [0.25, 0.3) is 6.08 Å². The van der Waals surface area contributed by atoms with E-state index < -0.39 is 0 Å². The van der Waals surface area contributed by atoms with Crippen molar-refractivity contribution in [1.29, 1.82) is 0 Å². The first-order valence-corrected chi connectivity index (χ1v) is 3.75. The zero-order valence-electron chi connectivity index (χ0n) is 7.12. The van der Waals surface area contributed by atoms with Crippen molar-refractivity contribution in [1.82, 2.24) is 4.98 Å². The van der Waals surface area contributed by atoms with E-state index in [1.807, 2.05) is 25.1 Å². The minimum atomic E-state index is 0.554. The minimum Gasteiger partial charge on any atom is -0.383 e. The fraction of sp³-hybridized carbons (Fsp3) is 0.100. The van der Waals surface area contributed by atoms with Gasteiger partial charge >= 0.3 is 0 Å². The third kappa shape index (κ3) is 1.95. The highest BCUT2D eigenvalue weighted by Gasteiger charge is 1.94. The third-order valence-corrected chi connectivity index (χ3v) is 1.50. The van der Waals surface area contributed by atoms with Gasteiger partial charge in [-0.1, -0.05) is 24.8 Å². The minimum absolute atomic E-state index is 0.554. The van der Waals surface area contributed by atoms with Gasteiger partial charge in [-0.25, -0.2) is 4.98 Å². The summed E-state index contributed by atoms with van der Waals surface area (Å²) in [6, 6.07) is 1.99. The van der Waals surface area contributed by atoms with Crippen LogP contribution in [0.2, 0.25) is 0 Å². The van der Waals surface area contributed by atoms with E-state index in [1.54, 1.807) is 12.3 Å². The van der Waals surface area contributed by atoms with Crippen LogP contribution in [-0.2, 0) is 0 Å². The van der Waals surface area contributed by atoms with Crippen LogP contribution in [0.1, 0.15) is 11.1 Å². The average Bonchev–Trinajstić information content (AvgIpc) is 2.07. The Morgan fingerprint density at radius 2 is 2.33 bits per heavy atom. The maximum Gasteiger partial charge on any atom is 0.130 e. The molecule has 0 unspecified atom stereocenters. The fourth-order valence-electron chi connectivity index (χ4n) is 0.908. The van der Waals surface area contributed by atoms with E-state index in [0.717, 1.165) is 11.1 Å². The molecule has 0 saturated heterocycles. The molecule has 0 spiro atoms. The van der Waals surface area contributed by atoms with Gasteiger partial charge in [0.05, 0.1) is 0 Å². The first-order valence-electron chi connectivity index (χ1n) is 3.75. The maximum absolute atomic E-state index is 5.63. The van der Waals surface area contributed by atoms with Crippen molar-refractivity contribution in [2.75, 3.05) is 5.73 Å². The predicted molar refractivity (Wildman–Crippen MR) is 52.6 cm³/mol. The van der Waals surface area contributed by atoms with Gasteiger partial charge < -0.3 is 5.73 Å². The lowest BCUT2D eigenvalue weighted by Gasteiger charge is -1.99. The molecule has 0 atom stereocenters. The second-order valence-corrected chi connectivity index (χ2v) is 2.58. The molecule has 0 saturated carbocycles. The fourth-order valence-corrected chi connectivity index (χ4v) is 0.908. The van der Waals surface area contributed by atoms with E-state index in [0.29, 0.717) is 5.82 Å². The van der Waals surface area contributed by atoms with Gasteiger partial charge in [0.2, 0.25) is 0 Å². The topological polar surface area (TPSA) is 38.9 Å². The number of rotatable bonds is 2. The van der Waals surface area contributed by atoms with Gasteiger partial charge in [0.1, 0.15) is 5.82 Å². The molecule has 2 heteroatoms. The number of pyridine rings is 1. The SMILES string of the molecule is C=C/C=C\c1cc(C)cnc1N. The number of allylic oxidation sites excluding steroid dienone is 2. The van der Waals surface area contributed by atoms with E-state index in [9.17, 15) is 0 Å². The van der Waals surface area contributed by atoms with Crippen LogP contribution in [0.5, 0.6) is 0 Å². The molecule has 12 heavy (non-hydrogen) atoms. The number of nitrogens with zero attached hydrogens (tertiary/aromatic N) is 1. The third-order valence-electron chi connectivity index (χ3n) is 1.50. The summed E-state index contributed by atoms with van der Waals surface area (Å²) in [5.41, 5.74) is 7.68. The van der Waals surface area contributed by atoms with Gasteiger partial charge in [-0.15, -0.1) is 0 Å². The Labute approximate surface area is 72.4 Å². The first-order chi connectivity index (χ1) is 5.74. The van der Waals surface area contributed by atoms with Crippen molar-refractivity contribution in [2.45, 2.75) is 6.92 Å². The monoisotopic (exact) mass is 160 g/mol. The Hall–Kier alpha value is -1.57. The van der Waals surface area contributed by atoms with Gasteiger partial charge in [-0.2, -0.15) is 0 Å². The second kappa shape index (κ2) is 3.72. The van der Waals surface area contributed by atoms with Crippen molar-refractivity contribution in [3.8, 4) is 0 Å². The maximum atomic E-state index is 5.63. The number of aryl methyl sites for hydroxylation is 1. The van der Waals surface area contributed by atoms with E-state index in [1.165, 1.54) is 0 Å². The van der Waals surface area contributed by atoms with Crippen LogP contribution in [0.4, 0.5) is 5.82 Å². The number of aromatic nitrogens is 1. The number of anilines is 1. The lowest BCUT2D eigenvalue weighted by Crippen LogP contribution is -1.93. The molecule has 62 valence electrons.